The Balaban J connectivity index is 1.98. The lowest BCUT2D eigenvalue weighted by Gasteiger charge is -2.37. The molecule has 5 nitrogen and oxygen atoms in total. The van der Waals surface area contributed by atoms with Crippen molar-refractivity contribution < 1.29 is 14.6 Å². The molecule has 2 aromatic carbocycles. The Morgan fingerprint density at radius 3 is 1.62 bits per heavy atom. The van der Waals surface area contributed by atoms with Crippen LogP contribution in [0.5, 0.6) is 0 Å². The Bertz CT molecular complexity index is 779. The van der Waals surface area contributed by atoms with E-state index in [1.807, 2.05) is 36.4 Å². The molecule has 0 spiro atoms. The van der Waals surface area contributed by atoms with E-state index in [2.05, 4.69) is 38.0 Å². The molecule has 1 aliphatic rings. The van der Waals surface area contributed by atoms with Crippen molar-refractivity contribution in [2.24, 2.45) is 11.8 Å². The van der Waals surface area contributed by atoms with Crippen molar-refractivity contribution >= 4 is 5.97 Å². The minimum absolute atomic E-state index is 0.234. The van der Waals surface area contributed by atoms with E-state index in [1.165, 1.54) is 0 Å². The molecule has 1 fully saturated rings. The summed E-state index contributed by atoms with van der Waals surface area (Å²) < 4.78 is 6.33. The highest BCUT2D eigenvalue weighted by Gasteiger charge is 2.45. The smallest absolute Gasteiger partial charge is 0.347 e. The predicted octanol–water partition coefficient (Wildman–Crippen LogP) is 3.76. The van der Waals surface area contributed by atoms with Gasteiger partial charge in [0, 0.05) is 24.9 Å². The quantitative estimate of drug-likeness (QED) is 0.502. The molecule has 32 heavy (non-hydrogen) atoms. The first-order valence-corrected chi connectivity index (χ1v) is 11.7. The van der Waals surface area contributed by atoms with Gasteiger partial charge in [-0.1, -0.05) is 73.5 Å². The maximum atomic E-state index is 13.8. The second-order valence-corrected chi connectivity index (χ2v) is 9.64. The zero-order valence-electron chi connectivity index (χ0n) is 19.9. The molecule has 1 aliphatic carbocycles. The molecule has 3 rings (SSSR count). The van der Waals surface area contributed by atoms with Crippen molar-refractivity contribution in [3.8, 4) is 0 Å². The average molecular weight is 439 g/mol. The second-order valence-electron chi connectivity index (χ2n) is 9.64. The van der Waals surface area contributed by atoms with E-state index in [1.54, 1.807) is 24.3 Å². The van der Waals surface area contributed by atoms with Gasteiger partial charge in [0.15, 0.2) is 0 Å². The summed E-state index contributed by atoms with van der Waals surface area (Å²) in [5.41, 5.74) is -0.795. The van der Waals surface area contributed by atoms with Crippen LogP contribution in [-0.2, 0) is 15.1 Å². The van der Waals surface area contributed by atoms with Crippen molar-refractivity contribution in [1.82, 2.24) is 9.80 Å². The molecule has 0 unspecified atom stereocenters. The molecular weight excluding hydrogens is 400 g/mol. The van der Waals surface area contributed by atoms with Gasteiger partial charge >= 0.3 is 5.97 Å². The molecule has 0 radical (unpaired) electrons. The monoisotopic (exact) mass is 438 g/mol. The minimum atomic E-state index is -1.85. The van der Waals surface area contributed by atoms with Gasteiger partial charge < -0.3 is 19.6 Å². The zero-order chi connectivity index (χ0) is 23.1. The van der Waals surface area contributed by atoms with Crippen LogP contribution < -0.4 is 0 Å². The summed E-state index contributed by atoms with van der Waals surface area (Å²) in [6.45, 7) is 1.72. The number of hydrogen-bond acceptors (Lipinski definition) is 5. The number of benzene rings is 2. The number of nitrogens with zero attached hydrogens (tertiary/aromatic N) is 2. The lowest BCUT2D eigenvalue weighted by molar-refractivity contribution is -0.175. The molecule has 0 aromatic heterocycles. The third-order valence-electron chi connectivity index (χ3n) is 6.45. The van der Waals surface area contributed by atoms with Crippen molar-refractivity contribution in [2.45, 2.75) is 37.4 Å². The summed E-state index contributed by atoms with van der Waals surface area (Å²) >= 11 is 0. The van der Waals surface area contributed by atoms with Crippen LogP contribution in [0.15, 0.2) is 60.7 Å². The molecule has 0 amide bonds. The van der Waals surface area contributed by atoms with E-state index in [0.717, 1.165) is 38.8 Å². The topological polar surface area (TPSA) is 53.0 Å². The third-order valence-corrected chi connectivity index (χ3v) is 6.45. The van der Waals surface area contributed by atoms with Crippen molar-refractivity contribution in [2.75, 3.05) is 41.3 Å². The first-order valence-electron chi connectivity index (χ1n) is 11.7. The van der Waals surface area contributed by atoms with E-state index in [-0.39, 0.29) is 17.9 Å². The molecule has 1 saturated carbocycles. The molecule has 0 aliphatic heterocycles. The summed E-state index contributed by atoms with van der Waals surface area (Å²) in [5, 5.41) is 11.9. The first-order chi connectivity index (χ1) is 15.3. The van der Waals surface area contributed by atoms with Crippen LogP contribution in [0, 0.1) is 11.8 Å². The molecule has 174 valence electrons. The minimum Gasteiger partial charge on any atom is -0.459 e. The van der Waals surface area contributed by atoms with Crippen LogP contribution in [0.4, 0.5) is 0 Å². The SMILES string of the molecule is CN(C)C[C@@H]1CCCC[C@@H](CN(C)C)C1OC(=O)C(O)(c1ccccc1)c1ccccc1. The Labute approximate surface area is 193 Å². The fraction of sp³-hybridized carbons (Fsp3) is 0.519. The van der Waals surface area contributed by atoms with Gasteiger partial charge in [-0.3, -0.25) is 0 Å². The number of esters is 1. The van der Waals surface area contributed by atoms with E-state index in [9.17, 15) is 9.90 Å². The van der Waals surface area contributed by atoms with E-state index >= 15 is 0 Å². The molecule has 0 saturated heterocycles. The summed E-state index contributed by atoms with van der Waals surface area (Å²) in [7, 11) is 8.26. The second kappa shape index (κ2) is 11.1. The standard InChI is InChI=1S/C27H38N2O3/c1-28(2)19-21-13-11-12-14-22(20-29(3)4)25(21)32-26(30)27(31,23-15-7-5-8-16-23)24-17-9-6-10-18-24/h5-10,15-18,21-22,25,31H,11-14,19-20H2,1-4H3/t21-,22-/m0/s1. The summed E-state index contributed by atoms with van der Waals surface area (Å²) in [5.74, 6) is -0.122. The number of carbonyl (C=O) groups is 1. The molecular formula is C27H38N2O3. The predicted molar refractivity (Wildman–Crippen MR) is 128 cm³/mol. The third kappa shape index (κ3) is 5.77. The highest BCUT2D eigenvalue weighted by atomic mass is 16.6. The number of aliphatic hydroxyl groups is 1. The lowest BCUT2D eigenvalue weighted by atomic mass is 9.85. The van der Waals surface area contributed by atoms with Gasteiger partial charge in [0.05, 0.1) is 0 Å². The van der Waals surface area contributed by atoms with E-state index in [4.69, 9.17) is 4.74 Å². The fourth-order valence-corrected chi connectivity index (χ4v) is 5.02. The van der Waals surface area contributed by atoms with Crippen LogP contribution in [-0.4, -0.2) is 68.3 Å². The van der Waals surface area contributed by atoms with Gasteiger partial charge in [0.25, 0.3) is 0 Å². The fourth-order valence-electron chi connectivity index (χ4n) is 5.02. The number of ether oxygens (including phenoxy) is 1. The normalized spacial score (nSPS) is 20.3. The molecule has 0 bridgehead atoms. The number of hydrogen-bond donors (Lipinski definition) is 1. The maximum absolute atomic E-state index is 13.8. The summed E-state index contributed by atoms with van der Waals surface area (Å²) in [6, 6.07) is 18.3. The van der Waals surface area contributed by atoms with Crippen molar-refractivity contribution in [3.63, 3.8) is 0 Å². The van der Waals surface area contributed by atoms with Crippen LogP contribution in [0.25, 0.3) is 0 Å². The first kappa shape index (κ1) is 24.4. The Kier molecular flexibility index (Phi) is 8.46. The van der Waals surface area contributed by atoms with Gasteiger partial charge in [0.2, 0.25) is 5.60 Å². The molecule has 2 aromatic rings. The number of carbonyl (C=O) groups excluding carboxylic acids is 1. The Morgan fingerprint density at radius 1 is 0.844 bits per heavy atom. The van der Waals surface area contributed by atoms with E-state index < -0.39 is 11.6 Å². The lowest BCUT2D eigenvalue weighted by Crippen LogP contribution is -2.46. The Hall–Kier alpha value is -2.21. The molecule has 5 heteroatoms. The van der Waals surface area contributed by atoms with Gasteiger partial charge in [0.1, 0.15) is 6.10 Å². The average Bonchev–Trinajstić information content (AvgIpc) is 2.95. The van der Waals surface area contributed by atoms with E-state index in [0.29, 0.717) is 11.1 Å². The number of rotatable bonds is 8. The zero-order valence-corrected chi connectivity index (χ0v) is 19.9. The molecule has 1 N–H and O–H groups in total. The van der Waals surface area contributed by atoms with Gasteiger partial charge in [-0.25, -0.2) is 4.79 Å². The molecule has 2 atom stereocenters. The highest BCUT2D eigenvalue weighted by molar-refractivity contribution is 5.85. The van der Waals surface area contributed by atoms with Crippen LogP contribution in [0.1, 0.15) is 36.8 Å². The van der Waals surface area contributed by atoms with Gasteiger partial charge in [-0.05, 0) is 52.2 Å². The summed E-state index contributed by atoms with van der Waals surface area (Å²) in [6.07, 6.45) is 4.08. The van der Waals surface area contributed by atoms with Gasteiger partial charge in [-0.2, -0.15) is 0 Å². The Morgan fingerprint density at radius 2 is 1.25 bits per heavy atom. The highest BCUT2D eigenvalue weighted by Crippen LogP contribution is 2.36. The largest absolute Gasteiger partial charge is 0.459 e. The van der Waals surface area contributed by atoms with Crippen LogP contribution >= 0.6 is 0 Å². The molecule has 0 heterocycles. The van der Waals surface area contributed by atoms with Gasteiger partial charge in [-0.15, -0.1) is 0 Å². The van der Waals surface area contributed by atoms with Crippen molar-refractivity contribution in [3.05, 3.63) is 71.8 Å². The van der Waals surface area contributed by atoms with Crippen LogP contribution in [0.3, 0.4) is 0 Å². The maximum Gasteiger partial charge on any atom is 0.347 e. The summed E-state index contributed by atoms with van der Waals surface area (Å²) in [4.78, 5) is 18.2. The van der Waals surface area contributed by atoms with Crippen molar-refractivity contribution in [1.29, 1.82) is 0 Å². The van der Waals surface area contributed by atoms with Crippen LogP contribution in [0.2, 0.25) is 0 Å².